The third kappa shape index (κ3) is 3.32. The van der Waals surface area contributed by atoms with Crippen LogP contribution in [0.1, 0.15) is 31.4 Å². The van der Waals surface area contributed by atoms with E-state index in [0.717, 1.165) is 47.5 Å². The molecule has 21 heavy (non-hydrogen) atoms. The number of nitrogens with one attached hydrogen (secondary N) is 1. The van der Waals surface area contributed by atoms with E-state index in [4.69, 9.17) is 5.73 Å². The Morgan fingerprint density at radius 1 is 1.10 bits per heavy atom. The van der Waals surface area contributed by atoms with E-state index < -0.39 is 0 Å². The number of nitrogens with two attached hydrogens (primary N) is 1. The van der Waals surface area contributed by atoms with Gasteiger partial charge in [-0.2, -0.15) is 0 Å². The molecule has 1 fully saturated rings. The summed E-state index contributed by atoms with van der Waals surface area (Å²) in [4.78, 5) is 9.18. The number of anilines is 1. The molecule has 1 aliphatic rings. The maximum atomic E-state index is 5.75. The van der Waals surface area contributed by atoms with Gasteiger partial charge in [-0.1, -0.05) is 18.2 Å². The van der Waals surface area contributed by atoms with Crippen LogP contribution in [0, 0.1) is 18.8 Å². The van der Waals surface area contributed by atoms with E-state index in [-0.39, 0.29) is 0 Å². The van der Waals surface area contributed by atoms with Crippen LogP contribution in [-0.2, 0) is 0 Å². The monoisotopic (exact) mass is 284 g/mol. The van der Waals surface area contributed by atoms with Crippen LogP contribution in [0.15, 0.2) is 24.3 Å². The Morgan fingerprint density at radius 2 is 1.81 bits per heavy atom. The molecule has 0 spiro atoms. The maximum Gasteiger partial charge on any atom is 0.223 e. The topological polar surface area (TPSA) is 63.8 Å². The summed E-state index contributed by atoms with van der Waals surface area (Å²) < 4.78 is 0. The van der Waals surface area contributed by atoms with Gasteiger partial charge in [0.2, 0.25) is 5.95 Å². The summed E-state index contributed by atoms with van der Waals surface area (Å²) in [5.41, 5.74) is 7.80. The number of fused-ring (bicyclic) bond motifs is 1. The van der Waals surface area contributed by atoms with E-state index in [1.165, 1.54) is 25.7 Å². The summed E-state index contributed by atoms with van der Waals surface area (Å²) in [5, 5.41) is 4.56. The smallest absolute Gasteiger partial charge is 0.223 e. The van der Waals surface area contributed by atoms with Crippen LogP contribution < -0.4 is 11.1 Å². The number of aryl methyl sites for hydroxylation is 1. The van der Waals surface area contributed by atoms with Crippen molar-refractivity contribution < 1.29 is 0 Å². The van der Waals surface area contributed by atoms with E-state index >= 15 is 0 Å². The van der Waals surface area contributed by atoms with Crippen LogP contribution in [0.5, 0.6) is 0 Å². The molecule has 0 bridgehead atoms. The van der Waals surface area contributed by atoms with Crippen molar-refractivity contribution in [2.24, 2.45) is 17.6 Å². The van der Waals surface area contributed by atoms with E-state index in [1.807, 2.05) is 25.1 Å². The van der Waals surface area contributed by atoms with Crippen LogP contribution in [0.25, 0.3) is 10.9 Å². The molecule has 112 valence electrons. The summed E-state index contributed by atoms with van der Waals surface area (Å²) in [6.45, 7) is 3.85. The molecule has 0 atom stereocenters. The third-order valence-corrected chi connectivity index (χ3v) is 4.64. The van der Waals surface area contributed by atoms with Crippen molar-refractivity contribution in [3.05, 3.63) is 30.0 Å². The molecule has 4 heteroatoms. The first kappa shape index (κ1) is 14.3. The van der Waals surface area contributed by atoms with Crippen molar-refractivity contribution in [1.82, 2.24) is 9.97 Å². The number of aromatic nitrogens is 2. The van der Waals surface area contributed by atoms with E-state index in [9.17, 15) is 0 Å². The number of benzene rings is 1. The first-order valence-electron chi connectivity index (χ1n) is 7.93. The highest BCUT2D eigenvalue weighted by Crippen LogP contribution is 2.28. The van der Waals surface area contributed by atoms with Gasteiger partial charge in [-0.15, -0.1) is 0 Å². The standard InChI is InChI=1S/C17H24N4/c1-12-15-4-2-3-5-16(15)21-17(20-12)19-11-14-8-6-13(10-18)7-9-14/h2-5,13-14H,6-11,18H2,1H3,(H,19,20,21)/t13-,14-. The number of nitrogens with zero attached hydrogens (tertiary/aromatic N) is 2. The predicted octanol–water partition coefficient (Wildman–Crippen LogP) is 3.12. The van der Waals surface area contributed by atoms with Crippen molar-refractivity contribution in [3.63, 3.8) is 0 Å². The largest absolute Gasteiger partial charge is 0.354 e. The summed E-state index contributed by atoms with van der Waals surface area (Å²) in [6, 6.07) is 8.17. The molecule has 4 nitrogen and oxygen atoms in total. The second kappa shape index (κ2) is 6.39. The number of hydrogen-bond acceptors (Lipinski definition) is 4. The highest BCUT2D eigenvalue weighted by molar-refractivity contribution is 5.81. The summed E-state index contributed by atoms with van der Waals surface area (Å²) in [7, 11) is 0. The van der Waals surface area contributed by atoms with Crippen LogP contribution in [0.3, 0.4) is 0 Å². The highest BCUT2D eigenvalue weighted by Gasteiger charge is 2.20. The number of hydrogen-bond donors (Lipinski definition) is 2. The molecule has 1 heterocycles. The van der Waals surface area contributed by atoms with Gasteiger partial charge < -0.3 is 11.1 Å². The molecule has 3 N–H and O–H groups in total. The normalized spacial score (nSPS) is 22.4. The molecular weight excluding hydrogens is 260 g/mol. The molecule has 1 saturated carbocycles. The van der Waals surface area contributed by atoms with Gasteiger partial charge >= 0.3 is 0 Å². The molecule has 0 radical (unpaired) electrons. The number of para-hydroxylation sites is 1. The fourth-order valence-corrected chi connectivity index (χ4v) is 3.22. The van der Waals surface area contributed by atoms with Crippen molar-refractivity contribution in [2.45, 2.75) is 32.6 Å². The average molecular weight is 284 g/mol. The van der Waals surface area contributed by atoms with Gasteiger partial charge in [-0.25, -0.2) is 9.97 Å². The molecule has 2 aromatic rings. The minimum Gasteiger partial charge on any atom is -0.354 e. The maximum absolute atomic E-state index is 5.75. The van der Waals surface area contributed by atoms with E-state index in [2.05, 4.69) is 21.4 Å². The molecule has 0 unspecified atom stereocenters. The lowest BCUT2D eigenvalue weighted by atomic mass is 9.82. The highest BCUT2D eigenvalue weighted by atomic mass is 15.1. The number of rotatable bonds is 4. The quantitative estimate of drug-likeness (QED) is 0.905. The SMILES string of the molecule is Cc1nc(NC[C@H]2CC[C@H](CN)CC2)nc2ccccc12. The third-order valence-electron chi connectivity index (χ3n) is 4.64. The van der Waals surface area contributed by atoms with Crippen LogP contribution in [0.4, 0.5) is 5.95 Å². The molecule has 1 aliphatic carbocycles. The summed E-state index contributed by atoms with van der Waals surface area (Å²) in [6.07, 6.45) is 5.06. The predicted molar refractivity (Wildman–Crippen MR) is 87.3 cm³/mol. The van der Waals surface area contributed by atoms with Gasteiger partial charge in [0.1, 0.15) is 0 Å². The van der Waals surface area contributed by atoms with E-state index in [1.54, 1.807) is 0 Å². The Balaban J connectivity index is 1.63. The molecular formula is C17H24N4. The summed E-state index contributed by atoms with van der Waals surface area (Å²) in [5.74, 6) is 2.22. The van der Waals surface area contributed by atoms with Gasteiger partial charge in [0.15, 0.2) is 0 Å². The lowest BCUT2D eigenvalue weighted by Gasteiger charge is -2.27. The van der Waals surface area contributed by atoms with Crippen molar-refractivity contribution in [3.8, 4) is 0 Å². The van der Waals surface area contributed by atoms with Gasteiger partial charge in [0, 0.05) is 11.9 Å². The minimum absolute atomic E-state index is 0.725. The van der Waals surface area contributed by atoms with Gasteiger partial charge in [-0.3, -0.25) is 0 Å². The zero-order valence-corrected chi connectivity index (χ0v) is 12.7. The Morgan fingerprint density at radius 3 is 2.57 bits per heavy atom. The van der Waals surface area contributed by atoms with Crippen LogP contribution in [-0.4, -0.2) is 23.1 Å². The molecule has 0 aliphatic heterocycles. The second-order valence-corrected chi connectivity index (χ2v) is 6.15. The van der Waals surface area contributed by atoms with Crippen molar-refractivity contribution >= 4 is 16.9 Å². The Kier molecular flexibility index (Phi) is 4.34. The lowest BCUT2D eigenvalue weighted by Crippen LogP contribution is -2.25. The van der Waals surface area contributed by atoms with Gasteiger partial charge in [0.05, 0.1) is 11.2 Å². The molecule has 0 amide bonds. The van der Waals surface area contributed by atoms with Gasteiger partial charge in [0.25, 0.3) is 0 Å². The Labute approximate surface area is 126 Å². The first-order valence-corrected chi connectivity index (χ1v) is 7.93. The second-order valence-electron chi connectivity index (χ2n) is 6.15. The summed E-state index contributed by atoms with van der Waals surface area (Å²) >= 11 is 0. The Hall–Kier alpha value is -1.68. The minimum atomic E-state index is 0.725. The first-order chi connectivity index (χ1) is 10.3. The zero-order chi connectivity index (χ0) is 14.7. The van der Waals surface area contributed by atoms with Crippen LogP contribution in [0.2, 0.25) is 0 Å². The average Bonchev–Trinajstić information content (AvgIpc) is 2.53. The van der Waals surface area contributed by atoms with E-state index in [0.29, 0.717) is 0 Å². The zero-order valence-electron chi connectivity index (χ0n) is 12.7. The molecule has 1 aromatic heterocycles. The van der Waals surface area contributed by atoms with Crippen LogP contribution >= 0.6 is 0 Å². The molecule has 1 aromatic carbocycles. The fraction of sp³-hybridized carbons (Fsp3) is 0.529. The molecule has 3 rings (SSSR count). The van der Waals surface area contributed by atoms with Gasteiger partial charge in [-0.05, 0) is 57.1 Å². The fourth-order valence-electron chi connectivity index (χ4n) is 3.22. The van der Waals surface area contributed by atoms with Crippen molar-refractivity contribution in [1.29, 1.82) is 0 Å². The molecule has 0 saturated heterocycles. The Bertz CT molecular complexity index is 603. The van der Waals surface area contributed by atoms with Crippen molar-refractivity contribution in [2.75, 3.05) is 18.4 Å². The lowest BCUT2D eigenvalue weighted by molar-refractivity contribution is 0.289.